The van der Waals surface area contributed by atoms with Gasteiger partial charge >= 0.3 is 5.97 Å². The van der Waals surface area contributed by atoms with Crippen LogP contribution in [-0.4, -0.2) is 39.9 Å². The van der Waals surface area contributed by atoms with Crippen LogP contribution < -0.4 is 0 Å². The molecule has 124 valence electrons. The van der Waals surface area contributed by atoms with E-state index >= 15 is 0 Å². The Labute approximate surface area is 129 Å². The van der Waals surface area contributed by atoms with Gasteiger partial charge in [0.1, 0.15) is 0 Å². The topological polar surface area (TPSA) is 60.8 Å². The second kappa shape index (κ2) is 10.2. The molecule has 0 aromatic heterocycles. The number of nitrogens with zero attached hydrogens (tertiary/aromatic N) is 1. The van der Waals surface area contributed by atoms with E-state index < -0.39 is 11.7 Å². The van der Waals surface area contributed by atoms with E-state index in [9.17, 15) is 9.90 Å². The smallest absolute Gasteiger partial charge is 0.351 e. The van der Waals surface area contributed by atoms with Crippen molar-refractivity contribution in [2.24, 2.45) is 0 Å². The number of rotatable bonds is 12. The van der Waals surface area contributed by atoms with Gasteiger partial charge in [0.15, 0.2) is 0 Å². The maximum Gasteiger partial charge on any atom is 0.351 e. The van der Waals surface area contributed by atoms with Gasteiger partial charge in [-0.1, -0.05) is 64.7 Å². The van der Waals surface area contributed by atoms with E-state index in [2.05, 4.69) is 6.92 Å². The van der Waals surface area contributed by atoms with Crippen molar-refractivity contribution < 1.29 is 15.0 Å². The maximum atomic E-state index is 11.1. The molecule has 1 aliphatic heterocycles. The zero-order valence-corrected chi connectivity index (χ0v) is 13.6. The van der Waals surface area contributed by atoms with E-state index in [0.29, 0.717) is 19.5 Å². The number of likely N-dealkylation sites (tertiary alicyclic amines) is 1. The van der Waals surface area contributed by atoms with Crippen LogP contribution in [0.3, 0.4) is 0 Å². The van der Waals surface area contributed by atoms with Crippen LogP contribution in [0.5, 0.6) is 0 Å². The van der Waals surface area contributed by atoms with Crippen molar-refractivity contribution in [2.75, 3.05) is 13.1 Å². The zero-order valence-electron chi connectivity index (χ0n) is 13.6. The molecule has 4 heteroatoms. The number of carbonyl (C=O) groups is 1. The molecule has 0 bridgehead atoms. The molecule has 0 saturated carbocycles. The molecule has 2 N–H and O–H groups in total. The van der Waals surface area contributed by atoms with Crippen molar-refractivity contribution in [3.63, 3.8) is 0 Å². The van der Waals surface area contributed by atoms with E-state index in [-0.39, 0.29) is 0 Å². The van der Waals surface area contributed by atoms with Crippen LogP contribution in [0.2, 0.25) is 0 Å². The highest BCUT2D eigenvalue weighted by molar-refractivity contribution is 5.76. The molecule has 1 unspecified atom stereocenters. The maximum absolute atomic E-state index is 11.1. The summed E-state index contributed by atoms with van der Waals surface area (Å²) in [6, 6.07) is 0. The molecule has 0 aromatic carbocycles. The lowest BCUT2D eigenvalue weighted by molar-refractivity contribution is -0.176. The average Bonchev–Trinajstić information content (AvgIpc) is 2.84. The highest BCUT2D eigenvalue weighted by Crippen LogP contribution is 2.27. The van der Waals surface area contributed by atoms with Crippen molar-refractivity contribution in [1.29, 1.82) is 0 Å². The Balaban J connectivity index is 1.98. The molecule has 0 radical (unpaired) electrons. The molecule has 1 aliphatic rings. The van der Waals surface area contributed by atoms with Crippen molar-refractivity contribution in [2.45, 2.75) is 89.7 Å². The second-order valence-electron chi connectivity index (χ2n) is 6.39. The largest absolute Gasteiger partial charge is 0.478 e. The number of aliphatic carboxylic acids is 1. The summed E-state index contributed by atoms with van der Waals surface area (Å²) >= 11 is 0. The van der Waals surface area contributed by atoms with Crippen LogP contribution in [0.1, 0.15) is 84.0 Å². The summed E-state index contributed by atoms with van der Waals surface area (Å²) in [6.45, 7) is 3.66. The lowest BCUT2D eigenvalue weighted by Gasteiger charge is -2.29. The zero-order chi connectivity index (χ0) is 15.6. The number of carboxylic acids is 1. The first-order chi connectivity index (χ1) is 10.1. The molecule has 1 fully saturated rings. The van der Waals surface area contributed by atoms with Crippen molar-refractivity contribution >= 4 is 5.97 Å². The SMILES string of the molecule is CCCCCCCCCCCCN1CCCC1(O)C(=O)O. The third-order valence-corrected chi connectivity index (χ3v) is 4.60. The van der Waals surface area contributed by atoms with Crippen LogP contribution in [-0.2, 0) is 4.79 Å². The Morgan fingerprint density at radius 2 is 1.52 bits per heavy atom. The normalized spacial score (nSPS) is 22.8. The molecule has 1 heterocycles. The standard InChI is InChI=1S/C17H33NO3/c1-2-3-4-5-6-7-8-9-10-11-14-18-15-12-13-17(18,21)16(19)20/h21H,2-15H2,1H3,(H,19,20). The van der Waals surface area contributed by atoms with Gasteiger partial charge < -0.3 is 10.2 Å². The molecule has 0 aliphatic carbocycles. The predicted octanol–water partition coefficient (Wildman–Crippen LogP) is 3.78. The molecular weight excluding hydrogens is 266 g/mol. The van der Waals surface area contributed by atoms with Gasteiger partial charge in [0.25, 0.3) is 0 Å². The lowest BCUT2D eigenvalue weighted by atomic mass is 10.1. The summed E-state index contributed by atoms with van der Waals surface area (Å²) in [5.74, 6) is -1.09. The van der Waals surface area contributed by atoms with Crippen LogP contribution >= 0.6 is 0 Å². The number of aliphatic hydroxyl groups is 1. The minimum Gasteiger partial charge on any atom is -0.478 e. The van der Waals surface area contributed by atoms with Gasteiger partial charge in [-0.3, -0.25) is 4.90 Å². The fraction of sp³-hybridized carbons (Fsp3) is 0.941. The summed E-state index contributed by atoms with van der Waals surface area (Å²) in [5, 5.41) is 19.2. The first-order valence-corrected chi connectivity index (χ1v) is 8.82. The van der Waals surface area contributed by atoms with Crippen molar-refractivity contribution in [1.82, 2.24) is 4.90 Å². The van der Waals surface area contributed by atoms with Gasteiger partial charge in [0.05, 0.1) is 0 Å². The Morgan fingerprint density at radius 3 is 2.05 bits per heavy atom. The summed E-state index contributed by atoms with van der Waals surface area (Å²) in [5.41, 5.74) is -1.60. The van der Waals surface area contributed by atoms with Gasteiger partial charge in [-0.15, -0.1) is 0 Å². The quantitative estimate of drug-likeness (QED) is 0.538. The summed E-state index contributed by atoms with van der Waals surface area (Å²) < 4.78 is 0. The molecule has 1 atom stereocenters. The number of hydrogen-bond donors (Lipinski definition) is 2. The molecule has 0 amide bonds. The lowest BCUT2D eigenvalue weighted by Crippen LogP contribution is -2.50. The fourth-order valence-corrected chi connectivity index (χ4v) is 3.19. The molecule has 21 heavy (non-hydrogen) atoms. The monoisotopic (exact) mass is 299 g/mol. The Bertz CT molecular complexity index is 296. The summed E-state index contributed by atoms with van der Waals surface area (Å²) in [6.07, 6.45) is 13.9. The van der Waals surface area contributed by atoms with Crippen LogP contribution in [0, 0.1) is 0 Å². The second-order valence-corrected chi connectivity index (χ2v) is 6.39. The van der Waals surface area contributed by atoms with E-state index in [0.717, 1.165) is 19.3 Å². The highest BCUT2D eigenvalue weighted by Gasteiger charge is 2.45. The number of unbranched alkanes of at least 4 members (excludes halogenated alkanes) is 9. The highest BCUT2D eigenvalue weighted by atomic mass is 16.4. The van der Waals surface area contributed by atoms with Crippen LogP contribution in [0.15, 0.2) is 0 Å². The van der Waals surface area contributed by atoms with E-state index in [4.69, 9.17) is 5.11 Å². The third-order valence-electron chi connectivity index (χ3n) is 4.60. The third kappa shape index (κ3) is 6.35. The van der Waals surface area contributed by atoms with Gasteiger partial charge in [-0.25, -0.2) is 4.79 Å². The van der Waals surface area contributed by atoms with Crippen LogP contribution in [0.25, 0.3) is 0 Å². The summed E-state index contributed by atoms with van der Waals surface area (Å²) in [4.78, 5) is 12.9. The molecule has 1 saturated heterocycles. The number of hydrogen-bond acceptors (Lipinski definition) is 3. The predicted molar refractivity (Wildman–Crippen MR) is 85.2 cm³/mol. The van der Waals surface area contributed by atoms with E-state index in [1.807, 2.05) is 0 Å². The van der Waals surface area contributed by atoms with E-state index in [1.165, 1.54) is 51.4 Å². The van der Waals surface area contributed by atoms with Crippen molar-refractivity contribution in [3.8, 4) is 0 Å². The summed E-state index contributed by atoms with van der Waals surface area (Å²) in [7, 11) is 0. The van der Waals surface area contributed by atoms with Gasteiger partial charge in [0, 0.05) is 19.5 Å². The molecule has 0 spiro atoms. The molecule has 1 rings (SSSR count). The minimum atomic E-state index is -1.60. The average molecular weight is 299 g/mol. The van der Waals surface area contributed by atoms with Gasteiger partial charge in [-0.05, 0) is 12.8 Å². The Kier molecular flexibility index (Phi) is 8.93. The van der Waals surface area contributed by atoms with Gasteiger partial charge in [-0.2, -0.15) is 0 Å². The molecule has 4 nitrogen and oxygen atoms in total. The fourth-order valence-electron chi connectivity index (χ4n) is 3.19. The first-order valence-electron chi connectivity index (χ1n) is 8.82. The first kappa shape index (κ1) is 18.4. The minimum absolute atomic E-state index is 0.361. The van der Waals surface area contributed by atoms with Crippen LogP contribution in [0.4, 0.5) is 0 Å². The van der Waals surface area contributed by atoms with Crippen molar-refractivity contribution in [3.05, 3.63) is 0 Å². The molecule has 0 aromatic rings. The van der Waals surface area contributed by atoms with Gasteiger partial charge in [0.2, 0.25) is 5.72 Å². The number of carboxylic acid groups (broad SMARTS) is 1. The van der Waals surface area contributed by atoms with E-state index in [1.54, 1.807) is 4.90 Å². The molecular formula is C17H33NO3. The Hall–Kier alpha value is -0.610. The Morgan fingerprint density at radius 1 is 1.00 bits per heavy atom.